The predicted molar refractivity (Wildman–Crippen MR) is 95.4 cm³/mol. The molecule has 126 valence electrons. The largest absolute Gasteiger partial charge is 0.492 e. The first kappa shape index (κ1) is 16.2. The minimum Gasteiger partial charge on any atom is -0.492 e. The lowest BCUT2D eigenvalue weighted by Crippen LogP contribution is -2.13. The van der Waals surface area contributed by atoms with E-state index in [1.165, 1.54) is 5.56 Å². The molecule has 6 nitrogen and oxygen atoms in total. The van der Waals surface area contributed by atoms with E-state index in [1.807, 2.05) is 19.2 Å². The van der Waals surface area contributed by atoms with Crippen LogP contribution in [-0.2, 0) is 12.5 Å². The van der Waals surface area contributed by atoms with Crippen LogP contribution in [-0.4, -0.2) is 32.9 Å². The first-order valence-electron chi connectivity index (χ1n) is 8.05. The molecule has 0 radical (unpaired) electrons. The Kier molecular flexibility index (Phi) is 4.38. The van der Waals surface area contributed by atoms with E-state index in [4.69, 9.17) is 4.74 Å². The van der Waals surface area contributed by atoms with Crippen LogP contribution in [0.2, 0.25) is 0 Å². The maximum Gasteiger partial charge on any atom is 0.163 e. The highest BCUT2D eigenvalue weighted by Gasteiger charge is 2.13. The number of aryl methyl sites for hydroxylation is 1. The van der Waals surface area contributed by atoms with Gasteiger partial charge in [0, 0.05) is 7.05 Å². The van der Waals surface area contributed by atoms with Crippen LogP contribution < -0.4 is 10.1 Å². The Balaban J connectivity index is 1.55. The van der Waals surface area contributed by atoms with Gasteiger partial charge in [-0.05, 0) is 23.1 Å². The fourth-order valence-corrected chi connectivity index (χ4v) is 2.49. The molecule has 0 fully saturated rings. The molecule has 2 heterocycles. The molecule has 1 N–H and O–H groups in total. The van der Waals surface area contributed by atoms with Crippen LogP contribution in [0, 0.1) is 0 Å². The average molecular weight is 325 g/mol. The number of hydrogen-bond donors (Lipinski definition) is 1. The molecule has 0 saturated heterocycles. The Hall–Kier alpha value is -2.63. The molecule has 0 saturated carbocycles. The zero-order valence-electron chi connectivity index (χ0n) is 14.6. The van der Waals surface area contributed by atoms with Crippen molar-refractivity contribution in [2.24, 2.45) is 7.05 Å². The highest BCUT2D eigenvalue weighted by atomic mass is 16.5. The summed E-state index contributed by atoms with van der Waals surface area (Å²) in [5.74, 6) is 1.65. The zero-order chi connectivity index (χ0) is 17.2. The third-order valence-electron chi connectivity index (χ3n) is 3.91. The van der Waals surface area contributed by atoms with Crippen LogP contribution in [0.4, 0.5) is 5.82 Å². The standard InChI is InChI=1S/C18H23N5O/c1-18(2,3)13-5-7-14(8-6-13)24-10-9-19-16-15-11-22-23(4)17(15)21-12-20-16/h5-8,11-12H,9-10H2,1-4H3,(H,19,20,21). The molecule has 0 atom stereocenters. The maximum atomic E-state index is 5.79. The van der Waals surface area contributed by atoms with Crippen LogP contribution in [0.15, 0.2) is 36.8 Å². The SMILES string of the molecule is Cn1ncc2c(NCCOc3ccc(C(C)(C)C)cc3)ncnc21. The third kappa shape index (κ3) is 3.48. The van der Waals surface area contributed by atoms with Gasteiger partial charge in [-0.1, -0.05) is 32.9 Å². The van der Waals surface area contributed by atoms with Gasteiger partial charge in [0.25, 0.3) is 0 Å². The summed E-state index contributed by atoms with van der Waals surface area (Å²) in [5.41, 5.74) is 2.27. The number of nitrogens with zero attached hydrogens (tertiary/aromatic N) is 4. The highest BCUT2D eigenvalue weighted by molar-refractivity contribution is 5.85. The normalized spacial score (nSPS) is 11.7. The van der Waals surface area contributed by atoms with Gasteiger partial charge in [0.05, 0.1) is 18.1 Å². The van der Waals surface area contributed by atoms with Crippen molar-refractivity contribution in [3.05, 3.63) is 42.4 Å². The maximum absolute atomic E-state index is 5.79. The van der Waals surface area contributed by atoms with E-state index in [2.05, 4.69) is 53.3 Å². The second kappa shape index (κ2) is 6.47. The van der Waals surface area contributed by atoms with Gasteiger partial charge in [-0.15, -0.1) is 0 Å². The predicted octanol–water partition coefficient (Wildman–Crippen LogP) is 3.15. The molecule has 24 heavy (non-hydrogen) atoms. The van der Waals surface area contributed by atoms with Gasteiger partial charge < -0.3 is 10.1 Å². The Bertz CT molecular complexity index is 818. The van der Waals surface area contributed by atoms with Crippen LogP contribution in [0.25, 0.3) is 11.0 Å². The number of ether oxygens (including phenoxy) is 1. The molecule has 0 spiro atoms. The molecule has 3 aromatic rings. The van der Waals surface area contributed by atoms with Crippen molar-refractivity contribution in [3.63, 3.8) is 0 Å². The van der Waals surface area contributed by atoms with Crippen LogP contribution in [0.1, 0.15) is 26.3 Å². The second-order valence-electron chi connectivity index (χ2n) is 6.78. The lowest BCUT2D eigenvalue weighted by atomic mass is 9.87. The molecule has 0 bridgehead atoms. The second-order valence-corrected chi connectivity index (χ2v) is 6.78. The lowest BCUT2D eigenvalue weighted by molar-refractivity contribution is 0.332. The summed E-state index contributed by atoms with van der Waals surface area (Å²) in [6.45, 7) is 7.82. The number of fused-ring (bicyclic) bond motifs is 1. The van der Waals surface area contributed by atoms with Gasteiger partial charge in [0.2, 0.25) is 0 Å². The van der Waals surface area contributed by atoms with Crippen LogP contribution >= 0.6 is 0 Å². The van der Waals surface area contributed by atoms with E-state index >= 15 is 0 Å². The summed E-state index contributed by atoms with van der Waals surface area (Å²) in [5, 5.41) is 8.39. The molecule has 2 aromatic heterocycles. The van der Waals surface area contributed by atoms with Gasteiger partial charge in [0.1, 0.15) is 24.5 Å². The Morgan fingerprint density at radius 2 is 1.88 bits per heavy atom. The summed E-state index contributed by atoms with van der Waals surface area (Å²) in [6.07, 6.45) is 3.31. The zero-order valence-corrected chi connectivity index (χ0v) is 14.6. The minimum absolute atomic E-state index is 0.155. The van der Waals surface area contributed by atoms with Crippen molar-refractivity contribution in [2.45, 2.75) is 26.2 Å². The number of nitrogens with one attached hydrogen (secondary N) is 1. The molecule has 6 heteroatoms. The van der Waals surface area contributed by atoms with Crippen molar-refractivity contribution in [1.29, 1.82) is 0 Å². The van der Waals surface area contributed by atoms with Crippen molar-refractivity contribution in [1.82, 2.24) is 19.7 Å². The smallest absolute Gasteiger partial charge is 0.163 e. The van der Waals surface area contributed by atoms with Gasteiger partial charge >= 0.3 is 0 Å². The molecule has 0 unspecified atom stereocenters. The first-order valence-corrected chi connectivity index (χ1v) is 8.05. The monoisotopic (exact) mass is 325 g/mol. The molecule has 3 rings (SSSR count). The molecule has 0 amide bonds. The minimum atomic E-state index is 0.155. The van der Waals surface area contributed by atoms with Crippen molar-refractivity contribution in [3.8, 4) is 5.75 Å². The number of aromatic nitrogens is 4. The molecular weight excluding hydrogens is 302 g/mol. The molecule has 0 aliphatic heterocycles. The number of rotatable bonds is 5. The molecule has 1 aromatic carbocycles. The molecule has 0 aliphatic carbocycles. The summed E-state index contributed by atoms with van der Waals surface area (Å²) < 4.78 is 7.52. The van der Waals surface area contributed by atoms with Crippen molar-refractivity contribution in [2.75, 3.05) is 18.5 Å². The average Bonchev–Trinajstić information content (AvgIpc) is 2.93. The Morgan fingerprint density at radius 3 is 2.58 bits per heavy atom. The summed E-state index contributed by atoms with van der Waals surface area (Å²) in [4.78, 5) is 8.50. The van der Waals surface area contributed by atoms with E-state index in [9.17, 15) is 0 Å². The van der Waals surface area contributed by atoms with Crippen molar-refractivity contribution >= 4 is 16.9 Å². The molecule has 0 aliphatic rings. The summed E-state index contributed by atoms with van der Waals surface area (Å²) >= 11 is 0. The Morgan fingerprint density at radius 1 is 1.12 bits per heavy atom. The van der Waals surface area contributed by atoms with Gasteiger partial charge in [-0.2, -0.15) is 5.10 Å². The number of hydrogen-bond acceptors (Lipinski definition) is 5. The fraction of sp³-hybridized carbons (Fsp3) is 0.389. The van der Waals surface area contributed by atoms with E-state index in [1.54, 1.807) is 17.2 Å². The first-order chi connectivity index (χ1) is 11.4. The highest BCUT2D eigenvalue weighted by Crippen LogP contribution is 2.24. The van der Waals surface area contributed by atoms with Crippen molar-refractivity contribution < 1.29 is 4.74 Å². The number of benzene rings is 1. The van der Waals surface area contributed by atoms with E-state index in [0.717, 1.165) is 22.6 Å². The van der Waals surface area contributed by atoms with Gasteiger partial charge in [0.15, 0.2) is 5.65 Å². The number of anilines is 1. The lowest BCUT2D eigenvalue weighted by Gasteiger charge is -2.19. The van der Waals surface area contributed by atoms with Gasteiger partial charge in [-0.25, -0.2) is 9.97 Å². The van der Waals surface area contributed by atoms with Gasteiger partial charge in [-0.3, -0.25) is 4.68 Å². The third-order valence-corrected chi connectivity index (χ3v) is 3.91. The van der Waals surface area contributed by atoms with E-state index < -0.39 is 0 Å². The Labute approximate surface area is 141 Å². The van der Waals surface area contributed by atoms with E-state index in [-0.39, 0.29) is 5.41 Å². The molecular formula is C18H23N5O. The van der Waals surface area contributed by atoms with Crippen LogP contribution in [0.3, 0.4) is 0 Å². The summed E-state index contributed by atoms with van der Waals surface area (Å²) in [7, 11) is 1.86. The van der Waals surface area contributed by atoms with E-state index in [0.29, 0.717) is 13.2 Å². The topological polar surface area (TPSA) is 64.9 Å². The quantitative estimate of drug-likeness (QED) is 0.730. The summed E-state index contributed by atoms with van der Waals surface area (Å²) in [6, 6.07) is 8.27. The fourth-order valence-electron chi connectivity index (χ4n) is 2.49. The van der Waals surface area contributed by atoms with Crippen LogP contribution in [0.5, 0.6) is 5.75 Å².